The van der Waals surface area contributed by atoms with E-state index in [1.54, 1.807) is 0 Å². The monoisotopic (exact) mass is 395 g/mol. The second-order valence-electron chi connectivity index (χ2n) is 4.80. The predicted octanol–water partition coefficient (Wildman–Crippen LogP) is -2.00. The van der Waals surface area contributed by atoms with E-state index in [0.717, 1.165) is 6.92 Å². The minimum Gasteiger partial charge on any atom is -0.480 e. The van der Waals surface area contributed by atoms with E-state index in [2.05, 4.69) is 25.0 Å². The minimum absolute atomic E-state index is 0.203. The lowest BCUT2D eigenvalue weighted by atomic mass is 10.2. The molecule has 2 atom stereocenters. The molecule has 1 amide bonds. The molecule has 0 aliphatic carbocycles. The summed E-state index contributed by atoms with van der Waals surface area (Å²) in [5.41, 5.74) is 4.83. The number of carboxylic acids is 1. The van der Waals surface area contributed by atoms with Crippen molar-refractivity contribution < 1.29 is 44.2 Å². The normalized spacial score (nSPS) is 13.0. The fourth-order valence-corrected chi connectivity index (χ4v) is 1.33. The molecular weight excluding hydrogens is 378 g/mol. The van der Waals surface area contributed by atoms with Crippen molar-refractivity contribution in [2.45, 2.75) is 31.9 Å². The Labute approximate surface area is 150 Å². The molecule has 0 unspecified atom stereocenters. The van der Waals surface area contributed by atoms with Crippen molar-refractivity contribution >= 4 is 23.6 Å². The van der Waals surface area contributed by atoms with Gasteiger partial charge in [-0.2, -0.15) is 0 Å². The number of nitrogens with one attached hydrogen (secondary N) is 1. The molecule has 0 saturated heterocycles. The Balaban J connectivity index is 4.45. The van der Waals surface area contributed by atoms with Gasteiger partial charge in [0.15, 0.2) is 0 Å². The molecule has 0 fully saturated rings. The number of rotatable bonds is 13. The second-order valence-corrected chi connectivity index (χ2v) is 4.80. The quantitative estimate of drug-likeness (QED) is 0.133. The molecule has 16 nitrogen and oxygen atoms in total. The van der Waals surface area contributed by atoms with Crippen molar-refractivity contribution in [2.24, 2.45) is 10.9 Å². The van der Waals surface area contributed by atoms with E-state index in [9.17, 15) is 34.6 Å². The number of carboxylic acid groups (broad SMARTS) is 1. The summed E-state index contributed by atoms with van der Waals surface area (Å²) in [6, 6.07) is -1.26. The van der Waals surface area contributed by atoms with Crippen molar-refractivity contribution in [1.29, 1.82) is 0 Å². The van der Waals surface area contributed by atoms with Crippen LogP contribution in [0, 0.1) is 20.2 Å². The fourth-order valence-electron chi connectivity index (χ4n) is 1.33. The topological polar surface area (TPSA) is 236 Å². The molecule has 16 heteroatoms. The first-order valence-electron chi connectivity index (χ1n) is 7.12. The lowest BCUT2D eigenvalue weighted by molar-refractivity contribution is -0.789. The average Bonchev–Trinajstić information content (AvgIpc) is 2.58. The summed E-state index contributed by atoms with van der Waals surface area (Å²) in [6.07, 6.45) is -2.03. The molecule has 0 aliphatic heterocycles. The van der Waals surface area contributed by atoms with Gasteiger partial charge in [-0.05, 0) is 13.3 Å². The largest absolute Gasteiger partial charge is 0.480 e. The molecule has 4 N–H and O–H groups in total. The summed E-state index contributed by atoms with van der Waals surface area (Å²) in [7, 11) is 0. The lowest BCUT2D eigenvalue weighted by Gasteiger charge is -2.14. The van der Waals surface area contributed by atoms with Crippen molar-refractivity contribution in [2.75, 3.05) is 13.2 Å². The Hall–Kier alpha value is -3.56. The number of carbonyl (C=O) groups is 3. The molecule has 152 valence electrons. The molecule has 0 bridgehead atoms. The predicted molar refractivity (Wildman–Crippen MR) is 81.9 cm³/mol. The molecule has 0 saturated carbocycles. The Morgan fingerprint density at radius 3 is 2.41 bits per heavy atom. The van der Waals surface area contributed by atoms with Crippen molar-refractivity contribution in [1.82, 2.24) is 5.32 Å². The highest BCUT2D eigenvalue weighted by Gasteiger charge is 2.18. The highest BCUT2D eigenvalue weighted by atomic mass is 17.0. The zero-order chi connectivity index (χ0) is 21.0. The summed E-state index contributed by atoms with van der Waals surface area (Å²) in [5.74, 6) is -3.15. The number of aliphatic carboxylic acids is 1. The molecule has 0 spiro atoms. The molecule has 0 aromatic rings. The highest BCUT2D eigenvalue weighted by molar-refractivity contribution is 6.37. The van der Waals surface area contributed by atoms with Gasteiger partial charge in [0.25, 0.3) is 16.1 Å². The van der Waals surface area contributed by atoms with Crippen molar-refractivity contribution in [3.8, 4) is 0 Å². The molecule has 0 rings (SSSR count). The summed E-state index contributed by atoms with van der Waals surface area (Å²) in [5, 5.41) is 31.8. The lowest BCUT2D eigenvalue weighted by Crippen LogP contribution is -2.40. The Morgan fingerprint density at radius 1 is 1.26 bits per heavy atom. The van der Waals surface area contributed by atoms with E-state index in [1.165, 1.54) is 0 Å². The van der Waals surface area contributed by atoms with Crippen LogP contribution in [0.25, 0.3) is 0 Å². The van der Waals surface area contributed by atoms with E-state index >= 15 is 0 Å². The van der Waals surface area contributed by atoms with Gasteiger partial charge in [0.2, 0.25) is 0 Å². The fraction of sp³-hybridized carbons (Fsp3) is 0.636. The molecule has 27 heavy (non-hydrogen) atoms. The molecule has 0 aromatic carbocycles. The Morgan fingerprint density at radius 2 is 1.89 bits per heavy atom. The Bertz CT molecular complexity index is 608. The van der Waals surface area contributed by atoms with Crippen LogP contribution < -0.4 is 11.1 Å². The van der Waals surface area contributed by atoms with E-state index in [1.807, 2.05) is 0 Å². The number of hydrogen-bond donors (Lipinski definition) is 3. The maximum absolute atomic E-state index is 11.7. The number of carbonyl (C=O) groups excluding carboxylic acids is 2. The first kappa shape index (κ1) is 23.4. The van der Waals surface area contributed by atoms with E-state index in [-0.39, 0.29) is 18.6 Å². The van der Waals surface area contributed by atoms with Crippen LogP contribution in [0.2, 0.25) is 0 Å². The third kappa shape index (κ3) is 11.6. The Kier molecular flexibility index (Phi) is 10.3. The van der Waals surface area contributed by atoms with Crippen molar-refractivity contribution in [3.05, 3.63) is 20.2 Å². The number of hydrogen-bond acceptors (Lipinski definition) is 12. The van der Waals surface area contributed by atoms with Crippen LogP contribution in [0.15, 0.2) is 5.16 Å². The summed E-state index contributed by atoms with van der Waals surface area (Å²) in [6.45, 7) is -0.215. The van der Waals surface area contributed by atoms with Crippen LogP contribution in [0.4, 0.5) is 0 Å². The van der Waals surface area contributed by atoms with Crippen molar-refractivity contribution in [3.63, 3.8) is 0 Å². The van der Waals surface area contributed by atoms with E-state index < -0.39 is 53.3 Å². The second kappa shape index (κ2) is 11.9. The molecule has 0 aliphatic rings. The van der Waals surface area contributed by atoms with Crippen LogP contribution >= 0.6 is 0 Å². The zero-order valence-corrected chi connectivity index (χ0v) is 13.9. The first-order valence-corrected chi connectivity index (χ1v) is 7.12. The number of nitrogens with zero attached hydrogens (tertiary/aromatic N) is 3. The van der Waals surface area contributed by atoms with Gasteiger partial charge in [-0.25, -0.2) is 4.79 Å². The average molecular weight is 395 g/mol. The number of oxime groups is 1. The number of nitrogens with two attached hydrogens (primary N) is 1. The molecular formula is C11H17N5O11. The van der Waals surface area contributed by atoms with Crippen LogP contribution in [0.5, 0.6) is 0 Å². The van der Waals surface area contributed by atoms with Crippen LogP contribution in [-0.4, -0.2) is 64.1 Å². The van der Waals surface area contributed by atoms with Gasteiger partial charge in [-0.1, -0.05) is 5.16 Å². The van der Waals surface area contributed by atoms with Gasteiger partial charge in [-0.15, -0.1) is 20.2 Å². The molecule has 0 heterocycles. The number of amides is 1. The van der Waals surface area contributed by atoms with Crippen LogP contribution in [-0.2, 0) is 28.9 Å². The van der Waals surface area contributed by atoms with Crippen LogP contribution in [0.1, 0.15) is 19.8 Å². The SMILES string of the molecule is C/C(=N/OC(=O)CC[C@H](N)C(=O)O)C(=O)NC[C@@H](CO[N+](=O)[O-])O[N+](=O)[O-]. The first-order chi connectivity index (χ1) is 12.5. The summed E-state index contributed by atoms with van der Waals surface area (Å²) in [4.78, 5) is 66.3. The van der Waals surface area contributed by atoms with E-state index in [4.69, 9.17) is 10.8 Å². The third-order valence-corrected chi connectivity index (χ3v) is 2.68. The maximum Gasteiger partial charge on any atom is 0.335 e. The van der Waals surface area contributed by atoms with Gasteiger partial charge in [-0.3, -0.25) is 9.59 Å². The van der Waals surface area contributed by atoms with Gasteiger partial charge in [0.1, 0.15) is 24.5 Å². The van der Waals surface area contributed by atoms with E-state index in [0.29, 0.717) is 0 Å². The van der Waals surface area contributed by atoms with Gasteiger partial charge < -0.3 is 30.7 Å². The third-order valence-electron chi connectivity index (χ3n) is 2.68. The zero-order valence-electron chi connectivity index (χ0n) is 13.9. The minimum atomic E-state index is -1.47. The van der Waals surface area contributed by atoms with Gasteiger partial charge in [0, 0.05) is 6.54 Å². The van der Waals surface area contributed by atoms with Crippen LogP contribution in [0.3, 0.4) is 0 Å². The summed E-state index contributed by atoms with van der Waals surface area (Å²) < 4.78 is 0. The standard InChI is InChI=1S/C11H17N5O11/c1-6(14-26-9(17)3-2-8(12)11(19)20)10(18)13-4-7(27-16(23)24)5-25-15(21)22/h7-8H,2-5,12H2,1H3,(H,13,18)(H,19,20)/b14-6-/t7-,8-/m0/s1. The molecule has 0 radical (unpaired) electrons. The maximum atomic E-state index is 11.7. The smallest absolute Gasteiger partial charge is 0.335 e. The highest BCUT2D eigenvalue weighted by Crippen LogP contribution is 1.98. The summed E-state index contributed by atoms with van der Waals surface area (Å²) >= 11 is 0. The van der Waals surface area contributed by atoms with Gasteiger partial charge in [0.05, 0.1) is 6.42 Å². The van der Waals surface area contributed by atoms with Gasteiger partial charge >= 0.3 is 11.9 Å². The molecule has 0 aromatic heterocycles.